The smallest absolute Gasteiger partial charge is 0.271 e. The van der Waals surface area contributed by atoms with Gasteiger partial charge in [0.25, 0.3) is 5.91 Å². The van der Waals surface area contributed by atoms with Crippen molar-refractivity contribution in [2.75, 3.05) is 18.0 Å². The quantitative estimate of drug-likeness (QED) is 0.492. The number of hydrazone groups is 1. The van der Waals surface area contributed by atoms with Gasteiger partial charge in [0.1, 0.15) is 0 Å². The highest BCUT2D eigenvalue weighted by atomic mass is 16.2. The Morgan fingerprint density at radius 3 is 2.07 bits per heavy atom. The molecule has 0 aliphatic carbocycles. The van der Waals surface area contributed by atoms with Crippen molar-refractivity contribution in [2.45, 2.75) is 33.1 Å². The standard InChI is InChI=1S/C25H28N4O/c1-19-6-7-20(2)29(19)24-14-10-22(11-15-24)25(30)27-26-18-21-8-12-23(13-9-21)28-16-4-3-5-17-28/h6-15,18H,3-5,16-17H2,1-2H3,(H,27,30)/b26-18-. The number of anilines is 1. The zero-order chi connectivity index (χ0) is 20.9. The molecule has 0 unspecified atom stereocenters. The molecule has 1 aliphatic rings. The first kappa shape index (κ1) is 20.0. The van der Waals surface area contributed by atoms with E-state index in [2.05, 4.69) is 58.1 Å². The highest BCUT2D eigenvalue weighted by molar-refractivity contribution is 5.95. The van der Waals surface area contributed by atoms with Crippen LogP contribution in [0.4, 0.5) is 5.69 Å². The molecule has 2 aromatic carbocycles. The first-order chi connectivity index (χ1) is 14.6. The molecule has 5 heteroatoms. The van der Waals surface area contributed by atoms with Crippen molar-refractivity contribution in [1.82, 2.24) is 9.99 Å². The SMILES string of the molecule is Cc1ccc(C)n1-c1ccc(C(=O)N/N=C\c2ccc(N3CCCCC3)cc2)cc1. The van der Waals surface area contributed by atoms with Gasteiger partial charge in [-0.1, -0.05) is 12.1 Å². The summed E-state index contributed by atoms with van der Waals surface area (Å²) >= 11 is 0. The zero-order valence-electron chi connectivity index (χ0n) is 17.6. The van der Waals surface area contributed by atoms with Crippen molar-refractivity contribution in [3.8, 4) is 5.69 Å². The lowest BCUT2D eigenvalue weighted by molar-refractivity contribution is 0.0955. The summed E-state index contributed by atoms with van der Waals surface area (Å²) in [7, 11) is 0. The Kier molecular flexibility index (Phi) is 5.98. The van der Waals surface area contributed by atoms with E-state index in [1.54, 1.807) is 6.21 Å². The molecule has 0 bridgehead atoms. The van der Waals surface area contributed by atoms with Gasteiger partial charge in [0, 0.05) is 41.4 Å². The molecule has 154 valence electrons. The van der Waals surface area contributed by atoms with E-state index in [9.17, 15) is 4.79 Å². The fourth-order valence-electron chi connectivity index (χ4n) is 3.99. The van der Waals surface area contributed by atoms with Crippen LogP contribution in [0.25, 0.3) is 5.69 Å². The molecule has 5 nitrogen and oxygen atoms in total. The Labute approximate surface area is 178 Å². The molecule has 30 heavy (non-hydrogen) atoms. The van der Waals surface area contributed by atoms with E-state index in [1.807, 2.05) is 36.4 Å². The number of aromatic nitrogens is 1. The molecule has 1 saturated heterocycles. The molecule has 0 radical (unpaired) electrons. The van der Waals surface area contributed by atoms with Gasteiger partial charge in [0.2, 0.25) is 0 Å². The second-order valence-electron chi connectivity index (χ2n) is 7.84. The molecular formula is C25H28N4O. The summed E-state index contributed by atoms with van der Waals surface area (Å²) in [6.07, 6.45) is 5.54. The Balaban J connectivity index is 1.35. The minimum Gasteiger partial charge on any atom is -0.372 e. The van der Waals surface area contributed by atoms with Gasteiger partial charge in [-0.25, -0.2) is 5.43 Å². The molecule has 0 saturated carbocycles. The van der Waals surface area contributed by atoms with E-state index < -0.39 is 0 Å². The van der Waals surface area contributed by atoms with E-state index >= 15 is 0 Å². The number of hydrogen-bond donors (Lipinski definition) is 1. The summed E-state index contributed by atoms with van der Waals surface area (Å²) in [4.78, 5) is 14.8. The summed E-state index contributed by atoms with van der Waals surface area (Å²) in [5, 5.41) is 4.12. The van der Waals surface area contributed by atoms with Crippen LogP contribution in [0.15, 0.2) is 65.8 Å². The summed E-state index contributed by atoms with van der Waals surface area (Å²) in [5.74, 6) is -0.219. The average molecular weight is 401 g/mol. The van der Waals surface area contributed by atoms with Crippen molar-refractivity contribution in [2.24, 2.45) is 5.10 Å². The van der Waals surface area contributed by atoms with Crippen LogP contribution in [0, 0.1) is 13.8 Å². The van der Waals surface area contributed by atoms with E-state index in [1.165, 1.54) is 36.3 Å². The van der Waals surface area contributed by atoms with Gasteiger partial charge in [0.05, 0.1) is 6.21 Å². The number of nitrogens with one attached hydrogen (secondary N) is 1. The minimum atomic E-state index is -0.219. The Hall–Kier alpha value is -3.34. The Morgan fingerprint density at radius 2 is 1.43 bits per heavy atom. The van der Waals surface area contributed by atoms with Gasteiger partial charge < -0.3 is 9.47 Å². The molecule has 3 aromatic rings. The first-order valence-electron chi connectivity index (χ1n) is 10.6. The van der Waals surface area contributed by atoms with E-state index in [0.29, 0.717) is 5.56 Å². The lowest BCUT2D eigenvalue weighted by Gasteiger charge is -2.28. The number of piperidine rings is 1. The molecule has 0 atom stereocenters. The van der Waals surface area contributed by atoms with Gasteiger partial charge in [-0.15, -0.1) is 0 Å². The van der Waals surface area contributed by atoms with Crippen LogP contribution in [-0.4, -0.2) is 29.8 Å². The number of hydrogen-bond acceptors (Lipinski definition) is 3. The number of amides is 1. The predicted octanol–water partition coefficient (Wildman–Crippen LogP) is 4.85. The number of benzene rings is 2. The third-order valence-electron chi connectivity index (χ3n) is 5.65. The lowest BCUT2D eigenvalue weighted by atomic mass is 10.1. The van der Waals surface area contributed by atoms with Gasteiger partial charge >= 0.3 is 0 Å². The van der Waals surface area contributed by atoms with E-state index in [4.69, 9.17) is 0 Å². The van der Waals surface area contributed by atoms with Crippen LogP contribution < -0.4 is 10.3 Å². The molecule has 0 spiro atoms. The van der Waals surface area contributed by atoms with Gasteiger partial charge in [-0.05, 0) is 87.2 Å². The van der Waals surface area contributed by atoms with Crippen LogP contribution in [0.3, 0.4) is 0 Å². The largest absolute Gasteiger partial charge is 0.372 e. The maximum absolute atomic E-state index is 12.4. The third kappa shape index (κ3) is 4.46. The molecule has 2 heterocycles. The van der Waals surface area contributed by atoms with Crippen LogP contribution in [-0.2, 0) is 0 Å². The average Bonchev–Trinajstić information content (AvgIpc) is 3.13. The topological polar surface area (TPSA) is 49.6 Å². The van der Waals surface area contributed by atoms with Gasteiger partial charge in [0.15, 0.2) is 0 Å². The van der Waals surface area contributed by atoms with Crippen molar-refractivity contribution >= 4 is 17.8 Å². The fraction of sp³-hybridized carbons (Fsp3) is 0.280. The molecule has 1 fully saturated rings. The minimum absolute atomic E-state index is 0.219. The molecule has 1 N–H and O–H groups in total. The van der Waals surface area contributed by atoms with E-state index in [0.717, 1.165) is 24.3 Å². The normalized spacial score (nSPS) is 14.3. The maximum Gasteiger partial charge on any atom is 0.271 e. The second-order valence-corrected chi connectivity index (χ2v) is 7.84. The lowest BCUT2D eigenvalue weighted by Crippen LogP contribution is -2.29. The van der Waals surface area contributed by atoms with Crippen molar-refractivity contribution in [3.05, 3.63) is 83.2 Å². The van der Waals surface area contributed by atoms with Crippen molar-refractivity contribution < 1.29 is 4.79 Å². The Morgan fingerprint density at radius 1 is 0.833 bits per heavy atom. The number of aryl methyl sites for hydroxylation is 2. The van der Waals surface area contributed by atoms with Crippen LogP contribution >= 0.6 is 0 Å². The number of rotatable bonds is 5. The molecule has 1 aromatic heterocycles. The number of carbonyl (C=O) groups excluding carboxylic acids is 1. The van der Waals surface area contributed by atoms with Crippen molar-refractivity contribution in [1.29, 1.82) is 0 Å². The zero-order valence-corrected chi connectivity index (χ0v) is 17.6. The summed E-state index contributed by atoms with van der Waals surface area (Å²) in [5.41, 5.74) is 8.79. The number of nitrogens with zero attached hydrogens (tertiary/aromatic N) is 3. The first-order valence-corrected chi connectivity index (χ1v) is 10.6. The van der Waals surface area contributed by atoms with Gasteiger partial charge in [-0.3, -0.25) is 4.79 Å². The Bertz CT molecular complexity index is 1010. The molecule has 4 rings (SSSR count). The molecule has 1 aliphatic heterocycles. The summed E-state index contributed by atoms with van der Waals surface area (Å²) < 4.78 is 2.16. The third-order valence-corrected chi connectivity index (χ3v) is 5.65. The maximum atomic E-state index is 12.4. The van der Waals surface area contributed by atoms with Crippen LogP contribution in [0.5, 0.6) is 0 Å². The highest BCUT2D eigenvalue weighted by Gasteiger charge is 2.10. The van der Waals surface area contributed by atoms with Gasteiger partial charge in [-0.2, -0.15) is 5.10 Å². The number of carbonyl (C=O) groups is 1. The van der Waals surface area contributed by atoms with Crippen LogP contribution in [0.1, 0.15) is 46.6 Å². The fourth-order valence-corrected chi connectivity index (χ4v) is 3.99. The second kappa shape index (κ2) is 8.99. The summed E-state index contributed by atoms with van der Waals surface area (Å²) in [6.45, 7) is 6.40. The highest BCUT2D eigenvalue weighted by Crippen LogP contribution is 2.20. The predicted molar refractivity (Wildman–Crippen MR) is 123 cm³/mol. The molecular weight excluding hydrogens is 372 g/mol. The molecule has 1 amide bonds. The van der Waals surface area contributed by atoms with Crippen LogP contribution in [0.2, 0.25) is 0 Å². The van der Waals surface area contributed by atoms with E-state index in [-0.39, 0.29) is 5.91 Å². The summed E-state index contributed by atoms with van der Waals surface area (Å²) in [6, 6.07) is 20.1. The monoisotopic (exact) mass is 400 g/mol. The van der Waals surface area contributed by atoms with Crippen molar-refractivity contribution in [3.63, 3.8) is 0 Å².